The molecule has 0 radical (unpaired) electrons. The molecule has 0 aliphatic rings. The van der Waals surface area contributed by atoms with Gasteiger partial charge in [0.2, 0.25) is 0 Å². The fourth-order valence-corrected chi connectivity index (χ4v) is 0.673. The van der Waals surface area contributed by atoms with Crippen LogP contribution in [0.5, 0.6) is 0 Å². The zero-order chi connectivity index (χ0) is 7.44. The molecule has 0 aliphatic carbocycles. The van der Waals surface area contributed by atoms with E-state index in [0.717, 1.165) is 3.45 Å². The molecule has 0 heterocycles. The van der Waals surface area contributed by atoms with Crippen LogP contribution in [0.1, 0.15) is 0 Å². The average Bonchev–Trinajstić information content (AvgIpc) is 1.64. The van der Waals surface area contributed by atoms with E-state index < -0.39 is 18.6 Å². The Bertz CT molecular complexity index is 109. The van der Waals surface area contributed by atoms with Crippen LogP contribution in [0.4, 0.5) is 0 Å². The first-order chi connectivity index (χ1) is 4.09. The topological polar surface area (TPSA) is 60.8 Å². The minimum Gasteiger partial charge on any atom is -0.480 e. The van der Waals surface area contributed by atoms with E-state index in [1.54, 1.807) is 0 Å². The second kappa shape index (κ2) is 4.05. The van der Waals surface area contributed by atoms with Gasteiger partial charge in [-0.15, -0.1) is 3.45 Å². The number of hydrogen-bond donors (Lipinski definition) is 2. The fourth-order valence-electron chi connectivity index (χ4n) is 0.223. The molecule has 54 valence electrons. The lowest BCUT2D eigenvalue weighted by Gasteiger charge is -2.10. The van der Waals surface area contributed by atoms with E-state index in [-0.39, 0.29) is 0 Å². The summed E-state index contributed by atoms with van der Waals surface area (Å²) >= 11 is 7.81. The summed E-state index contributed by atoms with van der Waals surface area (Å²) in [6.45, 7) is -0.524. The Morgan fingerprint density at radius 1 is 1.89 bits per heavy atom. The molecule has 0 spiro atoms. The molecular weight excluding hydrogens is 213 g/mol. The predicted molar refractivity (Wildman–Crippen MR) is 35.1 cm³/mol. The van der Waals surface area contributed by atoms with Crippen molar-refractivity contribution in [3.8, 4) is 0 Å². The number of halogens is 2. The number of carbonyl (C=O) groups is 1. The van der Waals surface area contributed by atoms with Crippen LogP contribution in [0.2, 0.25) is 0 Å². The number of carboxylic acids is 1. The lowest BCUT2D eigenvalue weighted by Crippen LogP contribution is -2.32. The molecule has 0 aromatic heterocycles. The average molecular weight is 218 g/mol. The molecule has 0 saturated heterocycles. The largest absolute Gasteiger partial charge is 0.480 e. The van der Waals surface area contributed by atoms with Gasteiger partial charge in [-0.05, 0) is 11.8 Å². The van der Waals surface area contributed by atoms with E-state index in [1.807, 2.05) is 0 Å². The summed E-state index contributed by atoms with van der Waals surface area (Å²) in [6.07, 6.45) is 0. The number of aliphatic hydroxyl groups is 1. The number of aliphatic carboxylic acids is 1. The predicted octanol–water partition coefficient (Wildman–Crippen LogP) is 0.198. The highest BCUT2D eigenvalue weighted by Gasteiger charge is 2.20. The van der Waals surface area contributed by atoms with E-state index in [4.69, 9.17) is 22.0 Å². The minimum atomic E-state index is -1.18. The van der Waals surface area contributed by atoms with Crippen molar-refractivity contribution in [3.05, 3.63) is 0 Å². The molecule has 2 N–H and O–H groups in total. The Morgan fingerprint density at radius 3 is 2.33 bits per heavy atom. The van der Waals surface area contributed by atoms with Crippen molar-refractivity contribution < 1.29 is 15.0 Å². The summed E-state index contributed by atoms with van der Waals surface area (Å²) in [5, 5.41) is 16.6. The van der Waals surface area contributed by atoms with Crippen molar-refractivity contribution in [2.45, 2.75) is 6.04 Å². The number of aliphatic hydroxyl groups excluding tert-OH is 1. The standard InChI is InChI=1S/C3H5BrClNO3/c4-6(5)2(1-7)3(8)9/h2,7H,1H2,(H,8,9). The third-order valence-electron chi connectivity index (χ3n) is 0.694. The summed E-state index contributed by atoms with van der Waals surface area (Å²) in [7, 11) is 0. The molecule has 9 heavy (non-hydrogen) atoms. The van der Waals surface area contributed by atoms with Gasteiger partial charge in [0.25, 0.3) is 0 Å². The van der Waals surface area contributed by atoms with Crippen molar-refractivity contribution in [1.29, 1.82) is 0 Å². The van der Waals surface area contributed by atoms with Crippen molar-refractivity contribution in [3.63, 3.8) is 0 Å². The van der Waals surface area contributed by atoms with Crippen LogP contribution in [0.15, 0.2) is 0 Å². The molecule has 1 atom stereocenters. The molecule has 0 aromatic carbocycles. The van der Waals surface area contributed by atoms with Gasteiger partial charge in [-0.25, -0.2) is 0 Å². The molecule has 0 saturated carbocycles. The Morgan fingerprint density at radius 2 is 2.33 bits per heavy atom. The Balaban J connectivity index is 3.83. The zero-order valence-electron chi connectivity index (χ0n) is 4.29. The van der Waals surface area contributed by atoms with Crippen LogP contribution in [0.3, 0.4) is 0 Å². The quantitative estimate of drug-likeness (QED) is 0.664. The number of rotatable bonds is 3. The van der Waals surface area contributed by atoms with Crippen LogP contribution < -0.4 is 0 Å². The van der Waals surface area contributed by atoms with Gasteiger partial charge < -0.3 is 10.2 Å². The maximum absolute atomic E-state index is 10.1. The van der Waals surface area contributed by atoms with Gasteiger partial charge in [0.15, 0.2) is 6.04 Å². The monoisotopic (exact) mass is 217 g/mol. The Labute approximate surface area is 65.5 Å². The van der Waals surface area contributed by atoms with Gasteiger partial charge >= 0.3 is 5.97 Å². The van der Waals surface area contributed by atoms with E-state index in [9.17, 15) is 4.79 Å². The summed E-state index contributed by atoms with van der Waals surface area (Å²) in [6, 6.07) is -1.09. The van der Waals surface area contributed by atoms with Crippen molar-refractivity contribution in [2.75, 3.05) is 6.61 Å². The molecule has 0 rings (SSSR count). The van der Waals surface area contributed by atoms with Crippen LogP contribution in [-0.2, 0) is 4.79 Å². The molecule has 0 amide bonds. The number of hydrogen-bond acceptors (Lipinski definition) is 3. The summed E-state index contributed by atoms with van der Waals surface area (Å²) in [4.78, 5) is 10.1. The van der Waals surface area contributed by atoms with E-state index in [0.29, 0.717) is 0 Å². The van der Waals surface area contributed by atoms with E-state index >= 15 is 0 Å². The number of carboxylic acid groups (broad SMARTS) is 1. The molecule has 4 nitrogen and oxygen atoms in total. The van der Waals surface area contributed by atoms with Gasteiger partial charge in [-0.3, -0.25) is 4.79 Å². The lowest BCUT2D eigenvalue weighted by molar-refractivity contribution is -0.141. The van der Waals surface area contributed by atoms with E-state index in [1.165, 1.54) is 0 Å². The van der Waals surface area contributed by atoms with Crippen LogP contribution in [0.25, 0.3) is 0 Å². The molecule has 1 unspecified atom stereocenters. The third kappa shape index (κ3) is 3.00. The summed E-state index contributed by atoms with van der Waals surface area (Å²) < 4.78 is 0.731. The smallest absolute Gasteiger partial charge is 0.325 e. The molecule has 0 fully saturated rings. The maximum Gasteiger partial charge on any atom is 0.325 e. The van der Waals surface area contributed by atoms with Crippen molar-refractivity contribution in [2.24, 2.45) is 0 Å². The van der Waals surface area contributed by atoms with Crippen LogP contribution in [0, 0.1) is 0 Å². The molecule has 6 heteroatoms. The second-order valence-corrected chi connectivity index (χ2v) is 2.83. The highest BCUT2D eigenvalue weighted by Crippen LogP contribution is 2.08. The van der Waals surface area contributed by atoms with Gasteiger partial charge in [-0.1, -0.05) is 0 Å². The minimum absolute atomic E-state index is 0.524. The fraction of sp³-hybridized carbons (Fsp3) is 0.667. The Kier molecular flexibility index (Phi) is 4.12. The highest BCUT2D eigenvalue weighted by atomic mass is 79.9. The van der Waals surface area contributed by atoms with Crippen LogP contribution >= 0.6 is 27.9 Å². The van der Waals surface area contributed by atoms with Gasteiger partial charge in [0.1, 0.15) is 0 Å². The number of nitrogens with zero attached hydrogens (tertiary/aromatic N) is 1. The van der Waals surface area contributed by atoms with Crippen molar-refractivity contribution in [1.82, 2.24) is 3.45 Å². The molecule has 0 aliphatic heterocycles. The summed E-state index contributed by atoms with van der Waals surface area (Å²) in [5.74, 6) is -1.18. The molecule has 0 aromatic rings. The Hall–Kier alpha value is 0.160. The molecular formula is C3H5BrClNO3. The summed E-state index contributed by atoms with van der Waals surface area (Å²) in [5.41, 5.74) is 0. The first-order valence-electron chi connectivity index (χ1n) is 2.04. The first-order valence-corrected chi connectivity index (χ1v) is 3.08. The second-order valence-electron chi connectivity index (χ2n) is 1.30. The third-order valence-corrected chi connectivity index (χ3v) is 1.42. The molecule has 0 bridgehead atoms. The first kappa shape index (κ1) is 9.16. The van der Waals surface area contributed by atoms with Gasteiger partial charge in [0, 0.05) is 16.1 Å². The highest BCUT2D eigenvalue weighted by molar-refractivity contribution is 9.08. The SMILES string of the molecule is O=C(O)C(CO)N(Cl)Br. The maximum atomic E-state index is 10.1. The van der Waals surface area contributed by atoms with Crippen molar-refractivity contribution >= 4 is 33.9 Å². The van der Waals surface area contributed by atoms with Crippen LogP contribution in [-0.4, -0.2) is 32.3 Å². The normalized spacial score (nSPS) is 13.8. The van der Waals surface area contributed by atoms with Gasteiger partial charge in [0.05, 0.1) is 6.61 Å². The van der Waals surface area contributed by atoms with E-state index in [2.05, 4.69) is 16.1 Å². The zero-order valence-corrected chi connectivity index (χ0v) is 6.63. The lowest BCUT2D eigenvalue weighted by atomic mass is 10.3. The van der Waals surface area contributed by atoms with Gasteiger partial charge in [-0.2, -0.15) is 0 Å².